The molecule has 0 spiro atoms. The molecular formula is C21H23ClN4O4S. The van der Waals surface area contributed by atoms with E-state index in [4.69, 9.17) is 11.6 Å². The SMILES string of the molecule is Cc1c(N(C)S(=O)(=O)c2ccc(Cl)c(C(=O)N(C)C)c2)c(=O)n(-c2ccccc2)n1C. The van der Waals surface area contributed by atoms with Gasteiger partial charge >= 0.3 is 0 Å². The maximum Gasteiger partial charge on any atom is 0.296 e. The molecule has 0 saturated carbocycles. The van der Waals surface area contributed by atoms with Crippen molar-refractivity contribution < 1.29 is 13.2 Å². The van der Waals surface area contributed by atoms with E-state index in [1.54, 1.807) is 57.0 Å². The average Bonchev–Trinajstić information content (AvgIpc) is 2.95. The number of benzene rings is 2. The first-order valence-electron chi connectivity index (χ1n) is 9.32. The van der Waals surface area contributed by atoms with Crippen molar-refractivity contribution in [1.29, 1.82) is 0 Å². The minimum atomic E-state index is -4.14. The van der Waals surface area contributed by atoms with Crippen molar-refractivity contribution in [2.45, 2.75) is 11.8 Å². The third-order valence-electron chi connectivity index (χ3n) is 5.07. The van der Waals surface area contributed by atoms with E-state index >= 15 is 0 Å². The molecule has 0 saturated heterocycles. The first-order chi connectivity index (χ1) is 14.5. The van der Waals surface area contributed by atoms with Gasteiger partial charge in [0.2, 0.25) is 0 Å². The van der Waals surface area contributed by atoms with Crippen molar-refractivity contribution >= 4 is 33.2 Å². The highest BCUT2D eigenvalue weighted by Crippen LogP contribution is 2.27. The van der Waals surface area contributed by atoms with Crippen molar-refractivity contribution in [2.24, 2.45) is 7.05 Å². The third kappa shape index (κ3) is 3.86. The van der Waals surface area contributed by atoms with Gasteiger partial charge in [-0.25, -0.2) is 13.1 Å². The Hall–Kier alpha value is -3.04. The second-order valence-electron chi connectivity index (χ2n) is 7.22. The number of amides is 1. The standard InChI is InChI=1S/C21H23ClN4O4S/c1-14-19(21(28)26(24(14)4)15-9-7-6-8-10-15)25(5)31(29,30)16-11-12-18(22)17(13-16)20(27)23(2)3/h6-13H,1-5H3. The van der Waals surface area contributed by atoms with Crippen molar-refractivity contribution in [3.05, 3.63) is 75.2 Å². The summed E-state index contributed by atoms with van der Waals surface area (Å²) >= 11 is 6.11. The van der Waals surface area contributed by atoms with Crippen LogP contribution in [0.5, 0.6) is 0 Å². The van der Waals surface area contributed by atoms with E-state index in [2.05, 4.69) is 0 Å². The predicted octanol–water partition coefficient (Wildman–Crippen LogP) is 2.66. The number of carbonyl (C=O) groups excluding carboxylic acids is 1. The minimum Gasteiger partial charge on any atom is -0.345 e. The number of nitrogens with zero attached hydrogens (tertiary/aromatic N) is 4. The summed E-state index contributed by atoms with van der Waals surface area (Å²) < 4.78 is 30.6. The molecular weight excluding hydrogens is 440 g/mol. The van der Waals surface area contributed by atoms with Crippen LogP contribution in [0.1, 0.15) is 16.1 Å². The largest absolute Gasteiger partial charge is 0.345 e. The number of hydrogen-bond donors (Lipinski definition) is 0. The lowest BCUT2D eigenvalue weighted by molar-refractivity contribution is 0.0827. The van der Waals surface area contributed by atoms with Crippen LogP contribution in [0.4, 0.5) is 5.69 Å². The molecule has 2 aromatic carbocycles. The lowest BCUT2D eigenvalue weighted by atomic mass is 10.2. The first kappa shape index (κ1) is 22.6. The van der Waals surface area contributed by atoms with Gasteiger partial charge in [0.05, 0.1) is 26.9 Å². The lowest BCUT2D eigenvalue weighted by Gasteiger charge is -2.19. The second kappa shape index (κ2) is 8.24. The number of aromatic nitrogens is 2. The molecule has 1 amide bonds. The maximum atomic E-state index is 13.4. The summed E-state index contributed by atoms with van der Waals surface area (Å²) in [6.07, 6.45) is 0. The highest BCUT2D eigenvalue weighted by Gasteiger charge is 2.29. The van der Waals surface area contributed by atoms with E-state index in [1.807, 2.05) is 6.07 Å². The van der Waals surface area contributed by atoms with E-state index < -0.39 is 21.5 Å². The molecule has 10 heteroatoms. The summed E-state index contributed by atoms with van der Waals surface area (Å²) in [7, 11) is 1.95. The summed E-state index contributed by atoms with van der Waals surface area (Å²) in [6, 6.07) is 12.8. The number of sulfonamides is 1. The van der Waals surface area contributed by atoms with Gasteiger partial charge in [-0.15, -0.1) is 0 Å². The van der Waals surface area contributed by atoms with Crippen LogP contribution in [-0.2, 0) is 17.1 Å². The lowest BCUT2D eigenvalue weighted by Crippen LogP contribution is -2.32. The fourth-order valence-corrected chi connectivity index (χ4v) is 4.74. The van der Waals surface area contributed by atoms with Crippen molar-refractivity contribution in [3.63, 3.8) is 0 Å². The zero-order valence-electron chi connectivity index (χ0n) is 17.8. The van der Waals surface area contributed by atoms with Crippen LogP contribution < -0.4 is 9.86 Å². The predicted molar refractivity (Wildman–Crippen MR) is 121 cm³/mol. The van der Waals surface area contributed by atoms with Gasteiger partial charge < -0.3 is 4.90 Å². The molecule has 0 aliphatic carbocycles. The summed E-state index contributed by atoms with van der Waals surface area (Å²) in [5.74, 6) is -0.424. The van der Waals surface area contributed by atoms with Crippen LogP contribution in [0.15, 0.2) is 58.2 Å². The number of rotatable bonds is 5. The highest BCUT2D eigenvalue weighted by molar-refractivity contribution is 7.92. The Morgan fingerprint density at radius 3 is 2.23 bits per heavy atom. The monoisotopic (exact) mass is 462 g/mol. The molecule has 164 valence electrons. The molecule has 0 radical (unpaired) electrons. The quantitative estimate of drug-likeness (QED) is 0.583. The van der Waals surface area contributed by atoms with Gasteiger partial charge in [0.15, 0.2) is 0 Å². The van der Waals surface area contributed by atoms with Crippen LogP contribution in [0, 0.1) is 6.92 Å². The van der Waals surface area contributed by atoms with Crippen LogP contribution in [0.2, 0.25) is 5.02 Å². The molecule has 1 aromatic heterocycles. The summed E-state index contributed by atoms with van der Waals surface area (Å²) in [5.41, 5.74) is 0.684. The van der Waals surface area contributed by atoms with E-state index in [9.17, 15) is 18.0 Å². The minimum absolute atomic E-state index is 0.0155. The summed E-state index contributed by atoms with van der Waals surface area (Å²) in [5, 5.41) is 0.141. The topological polar surface area (TPSA) is 84.6 Å². The van der Waals surface area contributed by atoms with Gasteiger partial charge in [0, 0.05) is 28.2 Å². The Balaban J connectivity index is 2.14. The first-order valence-corrected chi connectivity index (χ1v) is 11.1. The van der Waals surface area contributed by atoms with Crippen LogP contribution in [0.3, 0.4) is 0 Å². The van der Waals surface area contributed by atoms with Gasteiger partial charge in [-0.2, -0.15) is 0 Å². The second-order valence-corrected chi connectivity index (χ2v) is 9.60. The molecule has 8 nitrogen and oxygen atoms in total. The van der Waals surface area contributed by atoms with E-state index in [0.717, 1.165) is 4.31 Å². The molecule has 0 bridgehead atoms. The molecule has 3 rings (SSSR count). The molecule has 0 aliphatic heterocycles. The molecule has 0 unspecified atom stereocenters. The van der Waals surface area contributed by atoms with Gasteiger partial charge in [0.25, 0.3) is 21.5 Å². The Kier molecular flexibility index (Phi) is 6.02. The van der Waals surface area contributed by atoms with E-state index in [-0.39, 0.29) is 21.2 Å². The zero-order valence-corrected chi connectivity index (χ0v) is 19.4. The molecule has 0 N–H and O–H groups in total. The van der Waals surface area contributed by atoms with Gasteiger partial charge in [-0.05, 0) is 37.3 Å². The average molecular weight is 463 g/mol. The van der Waals surface area contributed by atoms with Gasteiger partial charge in [-0.1, -0.05) is 29.8 Å². The highest BCUT2D eigenvalue weighted by atomic mass is 35.5. The van der Waals surface area contributed by atoms with Crippen molar-refractivity contribution in [1.82, 2.24) is 14.3 Å². The van der Waals surface area contributed by atoms with Gasteiger partial charge in [0.1, 0.15) is 5.69 Å². The fourth-order valence-electron chi connectivity index (χ4n) is 3.26. The molecule has 0 atom stereocenters. The zero-order chi connectivity index (χ0) is 23.1. The normalized spacial score (nSPS) is 11.4. The number of hydrogen-bond acceptors (Lipinski definition) is 4. The molecule has 0 aliphatic rings. The van der Waals surface area contributed by atoms with Gasteiger partial charge in [-0.3, -0.25) is 18.6 Å². The van der Waals surface area contributed by atoms with E-state index in [1.165, 1.54) is 34.8 Å². The Labute approximate surface area is 185 Å². The van der Waals surface area contributed by atoms with Crippen LogP contribution in [0.25, 0.3) is 5.69 Å². The van der Waals surface area contributed by atoms with Crippen molar-refractivity contribution in [3.8, 4) is 5.69 Å². The fraction of sp³-hybridized carbons (Fsp3) is 0.238. The van der Waals surface area contributed by atoms with Crippen molar-refractivity contribution in [2.75, 3.05) is 25.4 Å². The summed E-state index contributed by atoms with van der Waals surface area (Å²) in [6.45, 7) is 1.67. The van der Waals surface area contributed by atoms with Crippen LogP contribution in [-0.4, -0.2) is 49.7 Å². The molecule has 0 fully saturated rings. The molecule has 3 aromatic rings. The molecule has 1 heterocycles. The van der Waals surface area contributed by atoms with E-state index in [0.29, 0.717) is 11.4 Å². The summed E-state index contributed by atoms with van der Waals surface area (Å²) in [4.78, 5) is 26.7. The van der Waals surface area contributed by atoms with Crippen LogP contribution >= 0.6 is 11.6 Å². The maximum absolute atomic E-state index is 13.4. The Morgan fingerprint density at radius 2 is 1.65 bits per heavy atom. The number of carbonyl (C=O) groups is 1. The number of halogens is 1. The Morgan fingerprint density at radius 1 is 1.03 bits per heavy atom. The third-order valence-corrected chi connectivity index (χ3v) is 7.15. The molecule has 31 heavy (non-hydrogen) atoms. The number of anilines is 1. The number of para-hydroxylation sites is 1. The smallest absolute Gasteiger partial charge is 0.296 e. The Bertz CT molecular complexity index is 1310.